The molecule has 7 heteroatoms. The summed E-state index contributed by atoms with van der Waals surface area (Å²) in [5.74, 6) is -0.543. The van der Waals surface area contributed by atoms with E-state index < -0.39 is 5.97 Å². The predicted molar refractivity (Wildman–Crippen MR) is 124 cm³/mol. The van der Waals surface area contributed by atoms with Gasteiger partial charge in [0.25, 0.3) is 0 Å². The molecule has 1 aliphatic rings. The third-order valence-electron chi connectivity index (χ3n) is 5.38. The number of carbonyl (C=O) groups is 1. The molecule has 0 spiro atoms. The Labute approximate surface area is 183 Å². The summed E-state index contributed by atoms with van der Waals surface area (Å²) in [6.07, 6.45) is 1.84. The molecule has 2 N–H and O–H groups in total. The molecule has 0 bridgehead atoms. The lowest BCUT2D eigenvalue weighted by Gasteiger charge is -2.23. The number of fused-ring (bicyclic) bond motifs is 2. The van der Waals surface area contributed by atoms with Gasteiger partial charge in [-0.15, -0.1) is 0 Å². The zero-order chi connectivity index (χ0) is 21.4. The summed E-state index contributed by atoms with van der Waals surface area (Å²) in [4.78, 5) is 20.2. The first-order valence-corrected chi connectivity index (χ1v) is 10.9. The first-order valence-electron chi connectivity index (χ1n) is 10.1. The summed E-state index contributed by atoms with van der Waals surface area (Å²) in [7, 11) is 0. The van der Waals surface area contributed by atoms with Crippen LogP contribution in [0.2, 0.25) is 0 Å². The smallest absolute Gasteiger partial charge is 0.354 e. The number of anilines is 1. The normalized spacial score (nSPS) is 16.9. The van der Waals surface area contributed by atoms with E-state index in [4.69, 9.17) is 5.10 Å². The minimum absolute atomic E-state index is 0.0373. The first-order chi connectivity index (χ1) is 15.1. The molecule has 1 unspecified atom stereocenters. The van der Waals surface area contributed by atoms with Crippen molar-refractivity contribution in [2.75, 3.05) is 5.43 Å². The molecule has 4 aromatic rings. The van der Waals surface area contributed by atoms with E-state index in [9.17, 15) is 9.90 Å². The molecule has 2 heterocycles. The number of pyridine rings is 1. The summed E-state index contributed by atoms with van der Waals surface area (Å²) in [6, 6.07) is 19.2. The zero-order valence-corrected chi connectivity index (χ0v) is 17.7. The maximum atomic E-state index is 11.3. The van der Waals surface area contributed by atoms with Gasteiger partial charge in [0.1, 0.15) is 5.69 Å². The molecule has 0 saturated carbocycles. The van der Waals surface area contributed by atoms with Gasteiger partial charge in [-0.25, -0.2) is 14.8 Å². The zero-order valence-electron chi connectivity index (χ0n) is 16.9. The Bertz CT molecular complexity index is 1300. The Morgan fingerprint density at radius 1 is 1.10 bits per heavy atom. The molecule has 0 saturated heterocycles. The molecule has 31 heavy (non-hydrogen) atoms. The van der Waals surface area contributed by atoms with Crippen LogP contribution >= 0.6 is 11.3 Å². The van der Waals surface area contributed by atoms with Crippen molar-refractivity contribution in [3.8, 4) is 11.3 Å². The lowest BCUT2D eigenvalue weighted by molar-refractivity contribution is 0.0690. The van der Waals surface area contributed by atoms with Gasteiger partial charge in [0.05, 0.1) is 21.6 Å². The van der Waals surface area contributed by atoms with Crippen LogP contribution in [-0.4, -0.2) is 26.8 Å². The van der Waals surface area contributed by atoms with Crippen molar-refractivity contribution in [3.63, 3.8) is 0 Å². The number of hydrazone groups is 1. The van der Waals surface area contributed by atoms with Crippen LogP contribution < -0.4 is 5.43 Å². The van der Waals surface area contributed by atoms with Gasteiger partial charge in [-0.2, -0.15) is 5.10 Å². The number of hydrogen-bond donors (Lipinski definition) is 2. The molecular formula is C24H20N4O2S. The van der Waals surface area contributed by atoms with Crippen molar-refractivity contribution in [1.82, 2.24) is 9.97 Å². The maximum absolute atomic E-state index is 11.3. The van der Waals surface area contributed by atoms with Crippen molar-refractivity contribution in [3.05, 3.63) is 77.5 Å². The molecule has 2 aromatic carbocycles. The van der Waals surface area contributed by atoms with Crippen LogP contribution in [0.3, 0.4) is 0 Å². The summed E-state index contributed by atoms with van der Waals surface area (Å²) >= 11 is 1.58. The highest BCUT2D eigenvalue weighted by Gasteiger charge is 2.22. The number of para-hydroxylation sites is 1. The summed E-state index contributed by atoms with van der Waals surface area (Å²) in [5, 5.41) is 14.7. The Morgan fingerprint density at radius 3 is 2.81 bits per heavy atom. The fourth-order valence-corrected chi connectivity index (χ4v) is 4.73. The number of nitrogens with zero attached hydrogens (tertiary/aromatic N) is 3. The van der Waals surface area contributed by atoms with E-state index in [0.717, 1.165) is 45.0 Å². The van der Waals surface area contributed by atoms with Gasteiger partial charge >= 0.3 is 5.97 Å². The SMILES string of the molecule is CC1C/C(=N/Nc2nc3ccccc3s2)c2cc(-c3cccc(C(=O)O)n3)ccc2C1. The molecule has 6 nitrogen and oxygen atoms in total. The van der Waals surface area contributed by atoms with Crippen molar-refractivity contribution in [2.24, 2.45) is 11.0 Å². The Balaban J connectivity index is 1.50. The highest BCUT2D eigenvalue weighted by atomic mass is 32.1. The number of hydrogen-bond acceptors (Lipinski definition) is 6. The van der Waals surface area contributed by atoms with E-state index in [1.54, 1.807) is 17.4 Å². The van der Waals surface area contributed by atoms with Crippen LogP contribution in [0.4, 0.5) is 5.13 Å². The van der Waals surface area contributed by atoms with Crippen LogP contribution in [0.1, 0.15) is 35.0 Å². The monoisotopic (exact) mass is 428 g/mol. The van der Waals surface area contributed by atoms with Crippen LogP contribution in [0, 0.1) is 5.92 Å². The van der Waals surface area contributed by atoms with Gasteiger partial charge < -0.3 is 5.11 Å². The van der Waals surface area contributed by atoms with Gasteiger partial charge in [-0.3, -0.25) is 5.43 Å². The molecule has 154 valence electrons. The number of aromatic nitrogens is 2. The lowest BCUT2D eigenvalue weighted by Crippen LogP contribution is -2.20. The van der Waals surface area contributed by atoms with E-state index in [2.05, 4.69) is 34.5 Å². The van der Waals surface area contributed by atoms with Crippen molar-refractivity contribution in [1.29, 1.82) is 0 Å². The van der Waals surface area contributed by atoms with E-state index in [1.807, 2.05) is 36.4 Å². The molecular weight excluding hydrogens is 408 g/mol. The molecule has 2 aromatic heterocycles. The number of carboxylic acid groups (broad SMARTS) is 1. The number of nitrogens with one attached hydrogen (secondary N) is 1. The topological polar surface area (TPSA) is 87.5 Å². The lowest BCUT2D eigenvalue weighted by atomic mass is 9.82. The third-order valence-corrected chi connectivity index (χ3v) is 6.32. The van der Waals surface area contributed by atoms with Gasteiger partial charge in [0, 0.05) is 11.1 Å². The fraction of sp³-hybridized carbons (Fsp3) is 0.167. The molecule has 0 fully saturated rings. The minimum Gasteiger partial charge on any atom is -0.477 e. The van der Waals surface area contributed by atoms with E-state index in [0.29, 0.717) is 11.6 Å². The van der Waals surface area contributed by atoms with E-state index >= 15 is 0 Å². The summed E-state index contributed by atoms with van der Waals surface area (Å²) in [6.45, 7) is 2.22. The average Bonchev–Trinajstić information content (AvgIpc) is 3.20. The van der Waals surface area contributed by atoms with E-state index in [1.165, 1.54) is 11.6 Å². The summed E-state index contributed by atoms with van der Waals surface area (Å²) in [5.41, 5.74) is 8.95. The van der Waals surface area contributed by atoms with Crippen molar-refractivity contribution >= 4 is 38.4 Å². The van der Waals surface area contributed by atoms with Crippen molar-refractivity contribution in [2.45, 2.75) is 19.8 Å². The minimum atomic E-state index is -1.03. The van der Waals surface area contributed by atoms with Crippen LogP contribution in [-0.2, 0) is 6.42 Å². The molecule has 0 radical (unpaired) electrons. The third kappa shape index (κ3) is 3.92. The Hall–Kier alpha value is -3.58. The Morgan fingerprint density at radius 2 is 1.97 bits per heavy atom. The molecule has 1 atom stereocenters. The highest BCUT2D eigenvalue weighted by Crippen LogP contribution is 2.31. The van der Waals surface area contributed by atoms with Gasteiger partial charge in [-0.1, -0.05) is 48.6 Å². The first kappa shape index (κ1) is 19.4. The van der Waals surface area contributed by atoms with Gasteiger partial charge in [0.2, 0.25) is 5.13 Å². The van der Waals surface area contributed by atoms with Crippen LogP contribution in [0.5, 0.6) is 0 Å². The second-order valence-corrected chi connectivity index (χ2v) is 8.79. The average molecular weight is 429 g/mol. The largest absolute Gasteiger partial charge is 0.477 e. The number of benzene rings is 2. The number of carboxylic acids is 1. The second-order valence-electron chi connectivity index (χ2n) is 7.76. The standard InChI is InChI=1S/C24H20N4O2S/c1-14-11-15-9-10-16(18-6-4-7-20(25-18)23(29)30)13-17(15)21(12-14)27-28-24-26-19-5-2-3-8-22(19)31-24/h2-10,13-14H,11-12H2,1H3,(H,26,28)(H,29,30)/b27-21-. The van der Waals surface area contributed by atoms with E-state index in [-0.39, 0.29) is 5.69 Å². The second kappa shape index (κ2) is 7.92. The predicted octanol–water partition coefficient (Wildman–Crippen LogP) is 5.46. The number of rotatable bonds is 4. The Kier molecular flexibility index (Phi) is 4.95. The van der Waals surface area contributed by atoms with Gasteiger partial charge in [-0.05, 0) is 54.7 Å². The highest BCUT2D eigenvalue weighted by molar-refractivity contribution is 7.22. The summed E-state index contributed by atoms with van der Waals surface area (Å²) < 4.78 is 1.12. The molecule has 0 amide bonds. The number of thiazole rings is 1. The molecule has 5 rings (SSSR count). The van der Waals surface area contributed by atoms with Crippen molar-refractivity contribution < 1.29 is 9.90 Å². The molecule has 0 aliphatic heterocycles. The quantitative estimate of drug-likeness (QED) is 0.422. The molecule has 1 aliphatic carbocycles. The fourth-order valence-electron chi connectivity index (χ4n) is 3.93. The van der Waals surface area contributed by atoms with Crippen LogP contribution in [0.25, 0.3) is 21.5 Å². The number of aromatic carboxylic acids is 1. The van der Waals surface area contributed by atoms with Gasteiger partial charge in [0.15, 0.2) is 0 Å². The van der Waals surface area contributed by atoms with Crippen LogP contribution in [0.15, 0.2) is 65.8 Å². The maximum Gasteiger partial charge on any atom is 0.354 e.